The molecule has 1 aliphatic rings. The van der Waals surface area contributed by atoms with Crippen molar-refractivity contribution < 1.29 is 13.2 Å². The first-order valence-electron chi connectivity index (χ1n) is 7.36. The van der Waals surface area contributed by atoms with Gasteiger partial charge in [-0.15, -0.1) is 0 Å². The summed E-state index contributed by atoms with van der Waals surface area (Å²) in [4.78, 5) is 3.38. The number of hydrogen-bond donors (Lipinski definition) is 2. The van der Waals surface area contributed by atoms with E-state index in [1.807, 2.05) is 0 Å². The molecule has 0 radical (unpaired) electrons. The van der Waals surface area contributed by atoms with Gasteiger partial charge in [0.15, 0.2) is 0 Å². The van der Waals surface area contributed by atoms with Crippen molar-refractivity contribution in [2.45, 2.75) is 50.2 Å². The number of aromatic amines is 1. The third kappa shape index (κ3) is 4.29. The Bertz CT molecular complexity index is 550. The zero-order valence-corrected chi connectivity index (χ0v) is 13.7. The highest BCUT2D eigenvalue weighted by atomic mass is 32.2. The van der Waals surface area contributed by atoms with Gasteiger partial charge in [-0.3, -0.25) is 0 Å². The Morgan fingerprint density at radius 2 is 2.19 bits per heavy atom. The molecule has 1 fully saturated rings. The van der Waals surface area contributed by atoms with Crippen molar-refractivity contribution in [2.24, 2.45) is 0 Å². The number of nitrogens with zero attached hydrogens (tertiary/aromatic N) is 1. The maximum absolute atomic E-state index is 12.7. The number of methoxy groups -OCH3 is 1. The van der Waals surface area contributed by atoms with Crippen molar-refractivity contribution >= 4 is 10.0 Å². The Morgan fingerprint density at radius 1 is 1.48 bits per heavy atom. The summed E-state index contributed by atoms with van der Waals surface area (Å²) in [5.74, 6) is 0. The number of ether oxygens (including phenoxy) is 1. The van der Waals surface area contributed by atoms with E-state index in [1.165, 1.54) is 0 Å². The SMILES string of the molecule is COCCN(C1CC1)S(=O)(=O)c1c[nH]c(CNC(C)C)c1. The molecule has 7 heteroatoms. The molecule has 2 N–H and O–H groups in total. The van der Waals surface area contributed by atoms with E-state index < -0.39 is 10.0 Å². The summed E-state index contributed by atoms with van der Waals surface area (Å²) in [5, 5.41) is 3.27. The van der Waals surface area contributed by atoms with Crippen LogP contribution in [0.25, 0.3) is 0 Å². The van der Waals surface area contributed by atoms with Crippen LogP contribution in [0.3, 0.4) is 0 Å². The molecule has 0 unspecified atom stereocenters. The predicted octanol–water partition coefficient (Wildman–Crippen LogP) is 1.31. The molecule has 1 saturated carbocycles. The molecule has 0 aliphatic heterocycles. The fraction of sp³-hybridized carbons (Fsp3) is 0.714. The second kappa shape index (κ2) is 6.91. The first-order chi connectivity index (χ1) is 9.95. The molecule has 0 spiro atoms. The van der Waals surface area contributed by atoms with Gasteiger partial charge in [-0.2, -0.15) is 4.31 Å². The Labute approximate surface area is 126 Å². The molecule has 120 valence electrons. The van der Waals surface area contributed by atoms with Gasteiger partial charge in [0.25, 0.3) is 0 Å². The molecule has 0 atom stereocenters. The lowest BCUT2D eigenvalue weighted by Gasteiger charge is -2.20. The summed E-state index contributed by atoms with van der Waals surface area (Å²) in [7, 11) is -1.85. The number of nitrogens with one attached hydrogen (secondary N) is 2. The molecule has 1 aliphatic carbocycles. The first kappa shape index (κ1) is 16.5. The van der Waals surface area contributed by atoms with E-state index in [-0.39, 0.29) is 6.04 Å². The molecule has 0 saturated heterocycles. The summed E-state index contributed by atoms with van der Waals surface area (Å²) in [6.45, 7) is 5.57. The fourth-order valence-corrected chi connectivity index (χ4v) is 3.85. The first-order valence-corrected chi connectivity index (χ1v) is 8.80. The second-order valence-corrected chi connectivity index (χ2v) is 7.63. The van der Waals surface area contributed by atoms with Gasteiger partial charge in [-0.05, 0) is 18.9 Å². The fourth-order valence-electron chi connectivity index (χ4n) is 2.16. The summed E-state index contributed by atoms with van der Waals surface area (Å²) < 4.78 is 32.0. The van der Waals surface area contributed by atoms with E-state index in [0.717, 1.165) is 18.5 Å². The monoisotopic (exact) mass is 315 g/mol. The Balaban J connectivity index is 2.10. The van der Waals surface area contributed by atoms with Gasteiger partial charge in [0.1, 0.15) is 0 Å². The lowest BCUT2D eigenvalue weighted by molar-refractivity contribution is 0.177. The zero-order chi connectivity index (χ0) is 15.5. The van der Waals surface area contributed by atoms with Crippen molar-refractivity contribution in [1.82, 2.24) is 14.6 Å². The third-order valence-electron chi connectivity index (χ3n) is 3.49. The minimum absolute atomic E-state index is 0.136. The highest BCUT2D eigenvalue weighted by molar-refractivity contribution is 7.89. The smallest absolute Gasteiger partial charge is 0.244 e. The van der Waals surface area contributed by atoms with Crippen LogP contribution in [0.4, 0.5) is 0 Å². The van der Waals surface area contributed by atoms with E-state index in [0.29, 0.717) is 30.6 Å². The van der Waals surface area contributed by atoms with E-state index in [1.54, 1.807) is 23.7 Å². The molecular formula is C14H25N3O3S. The maximum Gasteiger partial charge on any atom is 0.244 e. The highest BCUT2D eigenvalue weighted by Gasteiger charge is 2.38. The average molecular weight is 315 g/mol. The van der Waals surface area contributed by atoms with Crippen LogP contribution in [0.2, 0.25) is 0 Å². The second-order valence-electron chi connectivity index (χ2n) is 5.74. The van der Waals surface area contributed by atoms with Crippen molar-refractivity contribution in [3.8, 4) is 0 Å². The van der Waals surface area contributed by atoms with Crippen LogP contribution in [0, 0.1) is 0 Å². The maximum atomic E-state index is 12.7. The van der Waals surface area contributed by atoms with Crippen LogP contribution < -0.4 is 5.32 Å². The van der Waals surface area contributed by atoms with Gasteiger partial charge in [-0.25, -0.2) is 8.42 Å². The molecule has 0 aromatic carbocycles. The van der Waals surface area contributed by atoms with E-state index in [4.69, 9.17) is 4.74 Å². The molecule has 21 heavy (non-hydrogen) atoms. The van der Waals surface area contributed by atoms with Gasteiger partial charge in [-0.1, -0.05) is 13.8 Å². The predicted molar refractivity (Wildman–Crippen MR) is 81.6 cm³/mol. The number of H-pyrrole nitrogens is 1. The minimum atomic E-state index is -3.43. The molecule has 1 heterocycles. The molecule has 1 aromatic heterocycles. The van der Waals surface area contributed by atoms with E-state index >= 15 is 0 Å². The molecule has 0 amide bonds. The van der Waals surface area contributed by atoms with Crippen molar-refractivity contribution in [3.05, 3.63) is 18.0 Å². The Kier molecular flexibility index (Phi) is 5.43. The summed E-state index contributed by atoms with van der Waals surface area (Å²) in [6, 6.07) is 2.21. The molecule has 0 bridgehead atoms. The van der Waals surface area contributed by atoms with Crippen LogP contribution in [0.5, 0.6) is 0 Å². The number of rotatable bonds is 9. The van der Waals surface area contributed by atoms with Crippen molar-refractivity contribution in [2.75, 3.05) is 20.3 Å². The summed E-state index contributed by atoms with van der Waals surface area (Å²) in [6.07, 6.45) is 3.46. The Hall–Kier alpha value is -0.890. The number of aromatic nitrogens is 1. The van der Waals surface area contributed by atoms with Crippen molar-refractivity contribution in [1.29, 1.82) is 0 Å². The molecule has 1 aromatic rings. The quantitative estimate of drug-likeness (QED) is 0.720. The lowest BCUT2D eigenvalue weighted by atomic mass is 10.3. The van der Waals surface area contributed by atoms with Crippen LogP contribution in [0.15, 0.2) is 17.2 Å². The minimum Gasteiger partial charge on any atom is -0.383 e. The van der Waals surface area contributed by atoms with Gasteiger partial charge in [0.2, 0.25) is 10.0 Å². The standard InChI is InChI=1S/C14H25N3O3S/c1-11(2)15-9-12-8-14(10-16-12)21(18,19)17(6-7-20-3)13-4-5-13/h8,10-11,13,15-16H,4-7,9H2,1-3H3. The largest absolute Gasteiger partial charge is 0.383 e. The van der Waals surface area contributed by atoms with Gasteiger partial charge in [0.05, 0.1) is 11.5 Å². The van der Waals surface area contributed by atoms with Gasteiger partial charge in [0, 0.05) is 44.2 Å². The van der Waals surface area contributed by atoms with Crippen LogP contribution in [-0.2, 0) is 21.3 Å². The topological polar surface area (TPSA) is 74.4 Å². The van der Waals surface area contributed by atoms with E-state index in [9.17, 15) is 8.42 Å². The van der Waals surface area contributed by atoms with Crippen molar-refractivity contribution in [3.63, 3.8) is 0 Å². The molecular weight excluding hydrogens is 290 g/mol. The van der Waals surface area contributed by atoms with Crippen LogP contribution >= 0.6 is 0 Å². The number of hydrogen-bond acceptors (Lipinski definition) is 4. The average Bonchev–Trinajstić information content (AvgIpc) is 3.13. The highest BCUT2D eigenvalue weighted by Crippen LogP contribution is 2.31. The van der Waals surface area contributed by atoms with Crippen LogP contribution in [0.1, 0.15) is 32.4 Å². The summed E-state index contributed by atoms with van der Waals surface area (Å²) in [5.41, 5.74) is 0.879. The van der Waals surface area contributed by atoms with Gasteiger partial charge < -0.3 is 15.0 Å². The lowest BCUT2D eigenvalue weighted by Crippen LogP contribution is -2.35. The summed E-state index contributed by atoms with van der Waals surface area (Å²) >= 11 is 0. The molecule has 6 nitrogen and oxygen atoms in total. The van der Waals surface area contributed by atoms with Crippen LogP contribution in [-0.4, -0.2) is 50.1 Å². The Morgan fingerprint density at radius 3 is 2.76 bits per heavy atom. The molecule has 2 rings (SSSR count). The van der Waals surface area contributed by atoms with Gasteiger partial charge >= 0.3 is 0 Å². The van der Waals surface area contributed by atoms with E-state index in [2.05, 4.69) is 24.1 Å². The number of sulfonamides is 1. The third-order valence-corrected chi connectivity index (χ3v) is 5.42. The normalized spacial score (nSPS) is 16.0. The zero-order valence-electron chi connectivity index (χ0n) is 12.9.